The quantitative estimate of drug-likeness (QED) is 0.825. The summed E-state index contributed by atoms with van der Waals surface area (Å²) in [5, 5.41) is 4.77. The van der Waals surface area contributed by atoms with Crippen LogP contribution in [0.5, 0.6) is 0 Å². The number of hydrogen-bond acceptors (Lipinski definition) is 4. The molecule has 19 heavy (non-hydrogen) atoms. The van der Waals surface area contributed by atoms with E-state index in [1.807, 2.05) is 30.5 Å². The molecule has 0 saturated carbocycles. The van der Waals surface area contributed by atoms with Crippen molar-refractivity contribution < 1.29 is 9.53 Å². The molecule has 0 aliphatic heterocycles. The van der Waals surface area contributed by atoms with Crippen LogP contribution in [0.3, 0.4) is 0 Å². The first-order valence-electron chi connectivity index (χ1n) is 5.91. The van der Waals surface area contributed by atoms with Gasteiger partial charge in [-0.05, 0) is 36.1 Å². The van der Waals surface area contributed by atoms with Crippen LogP contribution in [0.1, 0.15) is 10.4 Å². The molecule has 0 atom stereocenters. The Balaban J connectivity index is 1.82. The first-order valence-corrected chi connectivity index (χ1v) is 6.79. The van der Waals surface area contributed by atoms with Crippen molar-refractivity contribution in [1.82, 2.24) is 0 Å². The van der Waals surface area contributed by atoms with Gasteiger partial charge in [0.2, 0.25) is 5.91 Å². The predicted octanol–water partition coefficient (Wildman–Crippen LogP) is 2.79. The van der Waals surface area contributed by atoms with Gasteiger partial charge in [-0.2, -0.15) is 0 Å². The Labute approximate surface area is 116 Å². The second-order valence-electron chi connectivity index (χ2n) is 4.19. The molecule has 1 heterocycles. The van der Waals surface area contributed by atoms with Gasteiger partial charge in [-0.25, -0.2) is 0 Å². The van der Waals surface area contributed by atoms with Crippen LogP contribution in [-0.2, 0) is 16.1 Å². The number of rotatable bonds is 5. The minimum absolute atomic E-state index is 0.0339. The number of nitrogens with two attached hydrogens (primary N) is 1. The monoisotopic (exact) mass is 276 g/mol. The molecule has 0 fully saturated rings. The Bertz CT molecular complexity index is 553. The summed E-state index contributed by atoms with van der Waals surface area (Å²) in [7, 11) is 0. The van der Waals surface area contributed by atoms with E-state index in [4.69, 9.17) is 10.5 Å². The van der Waals surface area contributed by atoms with Crippen LogP contribution in [0.25, 0.3) is 0 Å². The van der Waals surface area contributed by atoms with Gasteiger partial charge in [0, 0.05) is 16.3 Å². The largest absolute Gasteiger partial charge is 0.399 e. The summed E-state index contributed by atoms with van der Waals surface area (Å²) in [4.78, 5) is 12.8. The van der Waals surface area contributed by atoms with E-state index in [1.165, 1.54) is 0 Å². The lowest BCUT2D eigenvalue weighted by atomic mass is 10.2. The molecule has 1 amide bonds. The first-order chi connectivity index (χ1) is 9.15. The standard InChI is InChI=1S/C14H16N2O2S/c1-10-4-5-11(15)7-13(10)16-14(17)9-18-8-12-3-2-6-19-12/h2-7H,8-9,15H2,1H3,(H,16,17). The van der Waals surface area contributed by atoms with Crippen LogP contribution in [-0.4, -0.2) is 12.5 Å². The molecule has 0 bridgehead atoms. The highest BCUT2D eigenvalue weighted by atomic mass is 32.1. The fourth-order valence-corrected chi connectivity index (χ4v) is 2.24. The number of nitrogen functional groups attached to an aromatic ring is 1. The SMILES string of the molecule is Cc1ccc(N)cc1NC(=O)COCc1cccs1. The van der Waals surface area contributed by atoms with E-state index in [1.54, 1.807) is 23.5 Å². The summed E-state index contributed by atoms with van der Waals surface area (Å²) in [5.41, 5.74) is 8.01. The number of thiophene rings is 1. The van der Waals surface area contributed by atoms with Crippen LogP contribution >= 0.6 is 11.3 Å². The van der Waals surface area contributed by atoms with Crippen molar-refractivity contribution in [1.29, 1.82) is 0 Å². The average Bonchev–Trinajstić information content (AvgIpc) is 2.87. The van der Waals surface area contributed by atoms with E-state index in [0.29, 0.717) is 12.3 Å². The van der Waals surface area contributed by atoms with Crippen molar-refractivity contribution in [2.45, 2.75) is 13.5 Å². The Kier molecular flexibility index (Phi) is 4.54. The van der Waals surface area contributed by atoms with Gasteiger partial charge >= 0.3 is 0 Å². The highest BCUT2D eigenvalue weighted by Gasteiger charge is 2.05. The van der Waals surface area contributed by atoms with Crippen molar-refractivity contribution in [3.8, 4) is 0 Å². The zero-order valence-corrected chi connectivity index (χ0v) is 11.5. The molecular weight excluding hydrogens is 260 g/mol. The summed E-state index contributed by atoms with van der Waals surface area (Å²) in [6, 6.07) is 9.35. The maximum Gasteiger partial charge on any atom is 0.250 e. The number of carbonyl (C=O) groups excluding carboxylic acids is 1. The molecule has 0 saturated heterocycles. The van der Waals surface area contributed by atoms with E-state index < -0.39 is 0 Å². The third-order valence-corrected chi connectivity index (χ3v) is 3.44. The van der Waals surface area contributed by atoms with Gasteiger partial charge in [0.1, 0.15) is 6.61 Å². The molecule has 3 N–H and O–H groups in total. The van der Waals surface area contributed by atoms with Crippen LogP contribution in [0.15, 0.2) is 35.7 Å². The van der Waals surface area contributed by atoms with E-state index >= 15 is 0 Å². The van der Waals surface area contributed by atoms with Gasteiger partial charge in [-0.1, -0.05) is 12.1 Å². The van der Waals surface area contributed by atoms with Crippen molar-refractivity contribution in [3.63, 3.8) is 0 Å². The van der Waals surface area contributed by atoms with Gasteiger partial charge in [0.15, 0.2) is 0 Å². The van der Waals surface area contributed by atoms with Gasteiger partial charge in [-0.3, -0.25) is 4.79 Å². The second-order valence-corrected chi connectivity index (χ2v) is 5.23. The molecule has 4 nitrogen and oxygen atoms in total. The summed E-state index contributed by atoms with van der Waals surface area (Å²) < 4.78 is 5.35. The Hall–Kier alpha value is -1.85. The maximum absolute atomic E-state index is 11.7. The normalized spacial score (nSPS) is 10.4. The van der Waals surface area contributed by atoms with E-state index in [2.05, 4.69) is 5.32 Å². The third-order valence-electron chi connectivity index (χ3n) is 2.59. The first kappa shape index (κ1) is 13.6. The number of aryl methyl sites for hydroxylation is 1. The van der Waals surface area contributed by atoms with Crippen molar-refractivity contribution >= 4 is 28.6 Å². The lowest BCUT2D eigenvalue weighted by Gasteiger charge is -2.09. The fraction of sp³-hybridized carbons (Fsp3) is 0.214. The minimum atomic E-state index is -0.176. The fourth-order valence-electron chi connectivity index (χ4n) is 1.60. The number of anilines is 2. The number of ether oxygens (including phenoxy) is 1. The molecule has 5 heteroatoms. The minimum Gasteiger partial charge on any atom is -0.399 e. The van der Waals surface area contributed by atoms with Gasteiger partial charge < -0.3 is 15.8 Å². The Morgan fingerprint density at radius 1 is 1.42 bits per heavy atom. The Morgan fingerprint density at radius 2 is 2.26 bits per heavy atom. The molecule has 100 valence electrons. The van der Waals surface area contributed by atoms with Crippen LogP contribution < -0.4 is 11.1 Å². The highest BCUT2D eigenvalue weighted by Crippen LogP contribution is 2.18. The van der Waals surface area contributed by atoms with Gasteiger partial charge in [0.05, 0.1) is 6.61 Å². The topological polar surface area (TPSA) is 64.3 Å². The molecule has 0 unspecified atom stereocenters. The number of amides is 1. The van der Waals surface area contributed by atoms with E-state index in [9.17, 15) is 4.79 Å². The average molecular weight is 276 g/mol. The maximum atomic E-state index is 11.7. The second kappa shape index (κ2) is 6.36. The van der Waals surface area contributed by atoms with Crippen molar-refractivity contribution in [2.75, 3.05) is 17.7 Å². The lowest BCUT2D eigenvalue weighted by molar-refractivity contribution is -0.120. The Morgan fingerprint density at radius 3 is 3.00 bits per heavy atom. The summed E-state index contributed by atoms with van der Waals surface area (Å²) in [5.74, 6) is -0.176. The highest BCUT2D eigenvalue weighted by molar-refractivity contribution is 7.09. The molecule has 1 aromatic heterocycles. The molecule has 2 aromatic rings. The zero-order chi connectivity index (χ0) is 13.7. The number of hydrogen-bond donors (Lipinski definition) is 2. The van der Waals surface area contributed by atoms with Crippen molar-refractivity contribution in [2.24, 2.45) is 0 Å². The number of benzene rings is 1. The van der Waals surface area contributed by atoms with E-state index in [0.717, 1.165) is 16.1 Å². The smallest absolute Gasteiger partial charge is 0.250 e. The van der Waals surface area contributed by atoms with Gasteiger partial charge in [-0.15, -0.1) is 11.3 Å². The number of carbonyl (C=O) groups is 1. The van der Waals surface area contributed by atoms with Crippen LogP contribution in [0.4, 0.5) is 11.4 Å². The molecule has 1 aromatic carbocycles. The molecule has 0 radical (unpaired) electrons. The summed E-state index contributed by atoms with van der Waals surface area (Å²) >= 11 is 1.61. The van der Waals surface area contributed by atoms with Crippen LogP contribution in [0.2, 0.25) is 0 Å². The third kappa shape index (κ3) is 4.08. The lowest BCUT2D eigenvalue weighted by Crippen LogP contribution is -2.18. The zero-order valence-electron chi connectivity index (χ0n) is 10.7. The predicted molar refractivity (Wildman–Crippen MR) is 78.2 cm³/mol. The number of nitrogens with one attached hydrogen (secondary N) is 1. The molecule has 0 aliphatic carbocycles. The summed E-state index contributed by atoms with van der Waals surface area (Å²) in [6.07, 6.45) is 0. The van der Waals surface area contributed by atoms with Crippen molar-refractivity contribution in [3.05, 3.63) is 46.2 Å². The summed E-state index contributed by atoms with van der Waals surface area (Å²) in [6.45, 7) is 2.41. The van der Waals surface area contributed by atoms with Crippen LogP contribution in [0, 0.1) is 6.92 Å². The van der Waals surface area contributed by atoms with Gasteiger partial charge in [0.25, 0.3) is 0 Å². The van der Waals surface area contributed by atoms with E-state index in [-0.39, 0.29) is 12.5 Å². The molecular formula is C14H16N2O2S. The molecule has 0 spiro atoms. The molecule has 0 aliphatic rings. The molecule has 2 rings (SSSR count).